The number of nitrogens with zero attached hydrogens (tertiary/aromatic N) is 2. The molecule has 0 aliphatic carbocycles. The van der Waals surface area contributed by atoms with E-state index in [-0.39, 0.29) is 5.56 Å². The molecule has 0 aliphatic heterocycles. The molecule has 0 saturated heterocycles. The molecule has 0 radical (unpaired) electrons. The predicted octanol–water partition coefficient (Wildman–Crippen LogP) is 2.48. The van der Waals surface area contributed by atoms with Gasteiger partial charge in [-0.25, -0.2) is 0 Å². The number of benzene rings is 1. The summed E-state index contributed by atoms with van der Waals surface area (Å²) in [5.41, 5.74) is 2.08. The lowest BCUT2D eigenvalue weighted by molar-refractivity contribution is 0.678. The van der Waals surface area contributed by atoms with Crippen LogP contribution in [0.4, 0.5) is 5.69 Å². The number of aryl methyl sites for hydroxylation is 1. The molecule has 1 heterocycles. The third kappa shape index (κ3) is 2.05. The lowest BCUT2D eigenvalue weighted by Crippen LogP contribution is -2.22. The Bertz CT molecular complexity index is 584. The van der Waals surface area contributed by atoms with Crippen molar-refractivity contribution in [3.05, 3.63) is 40.7 Å². The second-order valence-electron chi connectivity index (χ2n) is 4.43. The molecule has 0 spiro atoms. The van der Waals surface area contributed by atoms with Crippen molar-refractivity contribution in [3.63, 3.8) is 0 Å². The van der Waals surface area contributed by atoms with Crippen LogP contribution in [0.2, 0.25) is 0 Å². The van der Waals surface area contributed by atoms with Crippen LogP contribution in [0.15, 0.2) is 35.1 Å². The van der Waals surface area contributed by atoms with Gasteiger partial charge in [-0.1, -0.05) is 25.1 Å². The quantitative estimate of drug-likeness (QED) is 0.809. The average molecular weight is 230 g/mol. The van der Waals surface area contributed by atoms with Crippen molar-refractivity contribution in [2.45, 2.75) is 19.9 Å². The maximum Gasteiger partial charge on any atom is 0.253 e. The van der Waals surface area contributed by atoms with Crippen LogP contribution in [0.5, 0.6) is 0 Å². The molecule has 1 aromatic heterocycles. The Hall–Kier alpha value is -1.77. The van der Waals surface area contributed by atoms with Crippen molar-refractivity contribution in [2.75, 3.05) is 19.0 Å². The molecule has 0 saturated carbocycles. The molecule has 2 rings (SSSR count). The van der Waals surface area contributed by atoms with Crippen LogP contribution in [0, 0.1) is 0 Å². The number of para-hydroxylation sites is 1. The number of pyridine rings is 1. The Morgan fingerprint density at radius 1 is 1.24 bits per heavy atom. The number of rotatable bonds is 3. The summed E-state index contributed by atoms with van der Waals surface area (Å²) < 4.78 is 1.85. The van der Waals surface area contributed by atoms with E-state index in [1.807, 2.05) is 41.8 Å². The fraction of sp³-hybridized carbons (Fsp3) is 0.357. The van der Waals surface area contributed by atoms with E-state index in [0.29, 0.717) is 0 Å². The first-order chi connectivity index (χ1) is 8.15. The summed E-state index contributed by atoms with van der Waals surface area (Å²) in [6, 6.07) is 9.79. The van der Waals surface area contributed by atoms with Gasteiger partial charge < -0.3 is 9.47 Å². The first-order valence-corrected chi connectivity index (χ1v) is 5.95. The summed E-state index contributed by atoms with van der Waals surface area (Å²) in [4.78, 5) is 14.1. The maximum atomic E-state index is 12.1. The molecule has 0 fully saturated rings. The summed E-state index contributed by atoms with van der Waals surface area (Å²) in [6.07, 6.45) is 0.964. The van der Waals surface area contributed by atoms with Gasteiger partial charge in [-0.15, -0.1) is 0 Å². The van der Waals surface area contributed by atoms with Crippen LogP contribution in [-0.4, -0.2) is 18.7 Å². The highest BCUT2D eigenvalue weighted by molar-refractivity contribution is 5.91. The van der Waals surface area contributed by atoms with E-state index < -0.39 is 0 Å². The summed E-state index contributed by atoms with van der Waals surface area (Å²) in [5, 5.41) is 1.13. The number of hydrogen-bond donors (Lipinski definition) is 0. The largest absolute Gasteiger partial charge is 0.377 e. The number of anilines is 1. The van der Waals surface area contributed by atoms with E-state index in [0.717, 1.165) is 29.6 Å². The lowest BCUT2D eigenvalue weighted by Gasteiger charge is -2.18. The van der Waals surface area contributed by atoms with Gasteiger partial charge >= 0.3 is 0 Å². The van der Waals surface area contributed by atoms with E-state index in [9.17, 15) is 4.79 Å². The lowest BCUT2D eigenvalue weighted by atomic mass is 10.1. The van der Waals surface area contributed by atoms with Crippen LogP contribution in [0.3, 0.4) is 0 Å². The smallest absolute Gasteiger partial charge is 0.253 e. The zero-order valence-corrected chi connectivity index (χ0v) is 10.6. The Balaban J connectivity index is 2.82. The van der Waals surface area contributed by atoms with Crippen LogP contribution in [0.1, 0.15) is 13.3 Å². The molecule has 1 aromatic carbocycles. The molecule has 90 valence electrons. The van der Waals surface area contributed by atoms with Crippen LogP contribution in [-0.2, 0) is 6.54 Å². The molecule has 0 amide bonds. The molecule has 0 unspecified atom stereocenters. The minimum absolute atomic E-state index is 0.0780. The third-order valence-corrected chi connectivity index (χ3v) is 2.93. The molecule has 0 N–H and O–H groups in total. The standard InChI is InChI=1S/C14H18N2O/c1-4-9-16-12-8-6-5-7-11(12)13(15(2)3)10-14(16)17/h5-8,10H,4,9H2,1-3H3. The van der Waals surface area contributed by atoms with Gasteiger partial charge in [-0.2, -0.15) is 0 Å². The van der Waals surface area contributed by atoms with Crippen LogP contribution >= 0.6 is 0 Å². The van der Waals surface area contributed by atoms with E-state index in [1.165, 1.54) is 0 Å². The summed E-state index contributed by atoms with van der Waals surface area (Å²) in [6.45, 7) is 2.86. The third-order valence-electron chi connectivity index (χ3n) is 2.93. The predicted molar refractivity (Wildman–Crippen MR) is 72.8 cm³/mol. The van der Waals surface area contributed by atoms with Crippen molar-refractivity contribution in [1.82, 2.24) is 4.57 Å². The summed E-state index contributed by atoms with van der Waals surface area (Å²) in [5.74, 6) is 0. The van der Waals surface area contributed by atoms with Crippen molar-refractivity contribution in [3.8, 4) is 0 Å². The monoisotopic (exact) mass is 230 g/mol. The maximum absolute atomic E-state index is 12.1. The molecule has 2 aromatic rings. The first-order valence-electron chi connectivity index (χ1n) is 5.95. The zero-order valence-electron chi connectivity index (χ0n) is 10.6. The Labute approximate surface area is 101 Å². The number of aromatic nitrogens is 1. The van der Waals surface area contributed by atoms with E-state index in [1.54, 1.807) is 6.07 Å². The molecular weight excluding hydrogens is 212 g/mol. The van der Waals surface area contributed by atoms with Crippen molar-refractivity contribution < 1.29 is 0 Å². The van der Waals surface area contributed by atoms with Gasteiger partial charge in [-0.3, -0.25) is 4.79 Å². The van der Waals surface area contributed by atoms with Gasteiger partial charge in [0.25, 0.3) is 5.56 Å². The highest BCUT2D eigenvalue weighted by Crippen LogP contribution is 2.23. The molecule has 0 bridgehead atoms. The van der Waals surface area contributed by atoms with E-state index in [2.05, 4.69) is 13.0 Å². The fourth-order valence-electron chi connectivity index (χ4n) is 2.14. The molecular formula is C14H18N2O. The highest BCUT2D eigenvalue weighted by atomic mass is 16.1. The molecule has 0 atom stereocenters. The van der Waals surface area contributed by atoms with Crippen LogP contribution < -0.4 is 10.5 Å². The Kier molecular flexibility index (Phi) is 3.18. The second kappa shape index (κ2) is 4.62. The van der Waals surface area contributed by atoms with Crippen molar-refractivity contribution >= 4 is 16.6 Å². The average Bonchev–Trinajstić information content (AvgIpc) is 2.32. The first kappa shape index (κ1) is 11.7. The van der Waals surface area contributed by atoms with Gasteiger partial charge in [0, 0.05) is 32.1 Å². The zero-order chi connectivity index (χ0) is 12.4. The van der Waals surface area contributed by atoms with Gasteiger partial charge in [-0.05, 0) is 12.5 Å². The molecule has 3 nitrogen and oxygen atoms in total. The number of fused-ring (bicyclic) bond motifs is 1. The van der Waals surface area contributed by atoms with Gasteiger partial charge in [0.15, 0.2) is 0 Å². The van der Waals surface area contributed by atoms with E-state index in [4.69, 9.17) is 0 Å². The Morgan fingerprint density at radius 3 is 2.59 bits per heavy atom. The van der Waals surface area contributed by atoms with Gasteiger partial charge in [0.2, 0.25) is 0 Å². The summed E-state index contributed by atoms with van der Waals surface area (Å²) in [7, 11) is 3.93. The SMILES string of the molecule is CCCn1c(=O)cc(N(C)C)c2ccccc21. The van der Waals surface area contributed by atoms with Crippen molar-refractivity contribution in [1.29, 1.82) is 0 Å². The van der Waals surface area contributed by atoms with Gasteiger partial charge in [0.05, 0.1) is 11.2 Å². The number of hydrogen-bond acceptors (Lipinski definition) is 2. The molecule has 3 heteroatoms. The normalized spacial score (nSPS) is 10.8. The van der Waals surface area contributed by atoms with Crippen LogP contribution in [0.25, 0.3) is 10.9 Å². The van der Waals surface area contributed by atoms with E-state index >= 15 is 0 Å². The fourth-order valence-corrected chi connectivity index (χ4v) is 2.14. The van der Waals surface area contributed by atoms with Crippen molar-refractivity contribution in [2.24, 2.45) is 0 Å². The highest BCUT2D eigenvalue weighted by Gasteiger charge is 2.08. The molecule has 17 heavy (non-hydrogen) atoms. The minimum atomic E-state index is 0.0780. The second-order valence-corrected chi connectivity index (χ2v) is 4.43. The molecule has 0 aliphatic rings. The summed E-state index contributed by atoms with van der Waals surface area (Å²) >= 11 is 0. The minimum Gasteiger partial charge on any atom is -0.377 e. The van der Waals surface area contributed by atoms with Gasteiger partial charge in [0.1, 0.15) is 0 Å². The Morgan fingerprint density at radius 2 is 1.94 bits per heavy atom. The topological polar surface area (TPSA) is 25.2 Å².